The van der Waals surface area contributed by atoms with Gasteiger partial charge in [0.05, 0.1) is 18.1 Å². The molecule has 0 spiro atoms. The van der Waals surface area contributed by atoms with Gasteiger partial charge in [0.25, 0.3) is 0 Å². The molecule has 1 rings (SSSR count). The number of aliphatic imine (C=N–C) groups is 1. The van der Waals surface area contributed by atoms with Gasteiger partial charge in [-0.2, -0.15) is 0 Å². The molecule has 1 aliphatic rings. The lowest BCUT2D eigenvalue weighted by Crippen LogP contribution is -2.45. The first kappa shape index (κ1) is 22.9. The van der Waals surface area contributed by atoms with Crippen LogP contribution in [0.15, 0.2) is 4.99 Å². The third-order valence-corrected chi connectivity index (χ3v) is 5.64. The molecule has 0 radical (unpaired) electrons. The van der Waals surface area contributed by atoms with Crippen LogP contribution in [0.1, 0.15) is 41.0 Å². The quantitative estimate of drug-likeness (QED) is 0.342. The number of halogens is 1. The molecule has 0 saturated carbocycles. The van der Waals surface area contributed by atoms with E-state index in [4.69, 9.17) is 0 Å². The maximum atomic E-state index is 11.5. The van der Waals surface area contributed by atoms with Crippen LogP contribution in [0.2, 0.25) is 0 Å². The van der Waals surface area contributed by atoms with Gasteiger partial charge in [-0.3, -0.25) is 9.89 Å². The highest BCUT2D eigenvalue weighted by atomic mass is 127. The molecule has 6 nitrogen and oxygen atoms in total. The average molecular weight is 460 g/mol. The number of nitrogens with one attached hydrogen (secondary N) is 2. The first-order chi connectivity index (χ1) is 10.2. The van der Waals surface area contributed by atoms with E-state index in [-0.39, 0.29) is 41.5 Å². The molecule has 0 bridgehead atoms. The maximum Gasteiger partial charge on any atom is 0.191 e. The fourth-order valence-electron chi connectivity index (χ4n) is 2.81. The Bertz CT molecular complexity index is 458. The van der Waals surface area contributed by atoms with E-state index in [1.807, 2.05) is 6.92 Å². The lowest BCUT2D eigenvalue weighted by atomic mass is 10.2. The van der Waals surface area contributed by atoms with E-state index >= 15 is 0 Å². The lowest BCUT2D eigenvalue weighted by molar-refractivity contribution is 0.181. The Hall–Kier alpha value is -0.0900. The van der Waals surface area contributed by atoms with Crippen LogP contribution in [0.25, 0.3) is 0 Å². The number of nitrogens with zero attached hydrogens (tertiary/aromatic N) is 2. The predicted octanol–water partition coefficient (Wildman–Crippen LogP) is 1.47. The average Bonchev–Trinajstić information content (AvgIpc) is 2.73. The fourth-order valence-corrected chi connectivity index (χ4v) is 4.49. The summed E-state index contributed by atoms with van der Waals surface area (Å²) in [5.74, 6) is 1.21. The van der Waals surface area contributed by atoms with E-state index in [0.29, 0.717) is 25.0 Å². The second kappa shape index (κ2) is 10.7. The van der Waals surface area contributed by atoms with Crippen molar-refractivity contribution in [1.82, 2.24) is 15.5 Å². The fraction of sp³-hybridized carbons (Fsp3) is 0.933. The highest BCUT2D eigenvalue weighted by Crippen LogP contribution is 2.11. The topological polar surface area (TPSA) is 73.8 Å². The molecule has 1 atom stereocenters. The molecule has 0 aliphatic carbocycles. The number of hydrogen-bond acceptors (Lipinski definition) is 4. The molecule has 0 aromatic carbocycles. The van der Waals surface area contributed by atoms with E-state index in [2.05, 4.69) is 48.2 Å². The van der Waals surface area contributed by atoms with Crippen molar-refractivity contribution in [3.63, 3.8) is 0 Å². The number of guanidine groups is 1. The number of rotatable bonds is 7. The molecular formula is C15H33IN4O2S. The van der Waals surface area contributed by atoms with Crippen molar-refractivity contribution in [2.75, 3.05) is 31.1 Å². The molecule has 1 heterocycles. The monoisotopic (exact) mass is 460 g/mol. The van der Waals surface area contributed by atoms with Crippen molar-refractivity contribution in [2.45, 2.75) is 59.2 Å². The maximum absolute atomic E-state index is 11.5. The summed E-state index contributed by atoms with van der Waals surface area (Å²) in [5, 5.41) is 6.44. The summed E-state index contributed by atoms with van der Waals surface area (Å²) in [6.45, 7) is 13.1. The van der Waals surface area contributed by atoms with Crippen molar-refractivity contribution < 1.29 is 8.42 Å². The highest BCUT2D eigenvalue weighted by molar-refractivity contribution is 14.0. The molecule has 0 amide bonds. The summed E-state index contributed by atoms with van der Waals surface area (Å²) in [6, 6.07) is 0.963. The van der Waals surface area contributed by atoms with E-state index in [9.17, 15) is 8.42 Å². The van der Waals surface area contributed by atoms with Crippen LogP contribution in [-0.2, 0) is 9.84 Å². The summed E-state index contributed by atoms with van der Waals surface area (Å²) in [5.41, 5.74) is 0. The normalized spacial score (nSPS) is 20.9. The van der Waals surface area contributed by atoms with Gasteiger partial charge in [-0.05, 0) is 41.0 Å². The van der Waals surface area contributed by atoms with Crippen LogP contribution in [0.5, 0.6) is 0 Å². The summed E-state index contributed by atoms with van der Waals surface area (Å²) in [7, 11) is -2.87. The molecule has 1 unspecified atom stereocenters. The first-order valence-electron chi connectivity index (χ1n) is 8.26. The molecule has 0 aromatic heterocycles. The van der Waals surface area contributed by atoms with Crippen molar-refractivity contribution in [1.29, 1.82) is 0 Å². The first-order valence-corrected chi connectivity index (χ1v) is 10.1. The lowest BCUT2D eigenvalue weighted by Gasteiger charge is -2.29. The summed E-state index contributed by atoms with van der Waals surface area (Å²) < 4.78 is 23.1. The number of sulfone groups is 1. The minimum Gasteiger partial charge on any atom is -0.357 e. The Kier molecular flexibility index (Phi) is 10.7. The standard InChI is InChI=1S/C15H32N4O2S.HI/c1-6-16-15(18-14-7-10-22(20,21)11-14)17-8-9-19(12(2)3)13(4)5;/h12-14H,6-11H2,1-5H3,(H2,16,17,18);1H. The van der Waals surface area contributed by atoms with Gasteiger partial charge in [-0.1, -0.05) is 0 Å². The van der Waals surface area contributed by atoms with Crippen LogP contribution in [-0.4, -0.2) is 68.5 Å². The van der Waals surface area contributed by atoms with Gasteiger partial charge in [-0.25, -0.2) is 8.42 Å². The van der Waals surface area contributed by atoms with E-state index in [1.165, 1.54) is 0 Å². The van der Waals surface area contributed by atoms with Crippen LogP contribution < -0.4 is 10.6 Å². The Labute approximate surface area is 158 Å². The van der Waals surface area contributed by atoms with Crippen LogP contribution in [0.3, 0.4) is 0 Å². The molecule has 8 heteroatoms. The molecular weight excluding hydrogens is 427 g/mol. The Morgan fingerprint density at radius 3 is 2.30 bits per heavy atom. The third-order valence-electron chi connectivity index (χ3n) is 3.87. The van der Waals surface area contributed by atoms with Crippen molar-refractivity contribution in [2.24, 2.45) is 4.99 Å². The van der Waals surface area contributed by atoms with Gasteiger partial charge < -0.3 is 10.6 Å². The molecule has 1 aliphatic heterocycles. The zero-order valence-corrected chi connectivity index (χ0v) is 18.1. The van der Waals surface area contributed by atoms with Gasteiger partial charge in [0, 0.05) is 31.2 Å². The Morgan fingerprint density at radius 2 is 1.87 bits per heavy atom. The van der Waals surface area contributed by atoms with E-state index in [1.54, 1.807) is 0 Å². The second-order valence-corrected chi connectivity index (χ2v) is 8.66. The largest absolute Gasteiger partial charge is 0.357 e. The van der Waals surface area contributed by atoms with Gasteiger partial charge in [0.2, 0.25) is 0 Å². The molecule has 138 valence electrons. The predicted molar refractivity (Wildman–Crippen MR) is 109 cm³/mol. The molecule has 1 saturated heterocycles. The summed E-state index contributed by atoms with van der Waals surface area (Å²) in [4.78, 5) is 6.98. The smallest absolute Gasteiger partial charge is 0.191 e. The zero-order valence-electron chi connectivity index (χ0n) is 15.0. The minimum absolute atomic E-state index is 0. The molecule has 0 aromatic rings. The summed E-state index contributed by atoms with van der Waals surface area (Å²) >= 11 is 0. The van der Waals surface area contributed by atoms with Gasteiger partial charge in [0.15, 0.2) is 15.8 Å². The van der Waals surface area contributed by atoms with Gasteiger partial charge in [-0.15, -0.1) is 24.0 Å². The van der Waals surface area contributed by atoms with Crippen LogP contribution in [0.4, 0.5) is 0 Å². The van der Waals surface area contributed by atoms with Crippen LogP contribution in [0, 0.1) is 0 Å². The van der Waals surface area contributed by atoms with Crippen molar-refractivity contribution in [3.8, 4) is 0 Å². The van der Waals surface area contributed by atoms with Gasteiger partial charge >= 0.3 is 0 Å². The minimum atomic E-state index is -2.87. The zero-order chi connectivity index (χ0) is 16.8. The van der Waals surface area contributed by atoms with E-state index < -0.39 is 9.84 Å². The third kappa shape index (κ3) is 8.53. The second-order valence-electron chi connectivity index (χ2n) is 6.43. The van der Waals surface area contributed by atoms with E-state index in [0.717, 1.165) is 19.0 Å². The molecule has 2 N–H and O–H groups in total. The van der Waals surface area contributed by atoms with Crippen molar-refractivity contribution in [3.05, 3.63) is 0 Å². The Balaban J connectivity index is 0.00000484. The van der Waals surface area contributed by atoms with Gasteiger partial charge in [0.1, 0.15) is 0 Å². The molecule has 1 fully saturated rings. The van der Waals surface area contributed by atoms with Crippen molar-refractivity contribution >= 4 is 39.8 Å². The number of hydrogen-bond donors (Lipinski definition) is 2. The Morgan fingerprint density at radius 1 is 1.26 bits per heavy atom. The highest BCUT2D eigenvalue weighted by Gasteiger charge is 2.28. The van der Waals surface area contributed by atoms with Crippen LogP contribution >= 0.6 is 24.0 Å². The SMILES string of the molecule is CCNC(=NCCN(C(C)C)C(C)C)NC1CCS(=O)(=O)C1.I. The summed E-state index contributed by atoms with van der Waals surface area (Å²) in [6.07, 6.45) is 0.664. The molecule has 23 heavy (non-hydrogen) atoms.